The van der Waals surface area contributed by atoms with Gasteiger partial charge in [0.1, 0.15) is 17.7 Å². The highest BCUT2D eigenvalue weighted by Gasteiger charge is 2.37. The first-order valence-corrected chi connectivity index (χ1v) is 10.3. The van der Waals surface area contributed by atoms with Gasteiger partial charge in [0.2, 0.25) is 0 Å². The highest BCUT2D eigenvalue weighted by Crippen LogP contribution is 2.37. The van der Waals surface area contributed by atoms with Crippen molar-refractivity contribution in [2.75, 3.05) is 10.6 Å². The van der Waals surface area contributed by atoms with Crippen LogP contribution in [0.15, 0.2) is 66.7 Å². The van der Waals surface area contributed by atoms with Crippen LogP contribution in [-0.2, 0) is 17.1 Å². The van der Waals surface area contributed by atoms with E-state index in [1.807, 2.05) is 0 Å². The fraction of sp³-hybridized carbons (Fsp3) is 0.130. The first-order chi connectivity index (χ1) is 16.7. The van der Waals surface area contributed by atoms with Crippen LogP contribution in [0, 0.1) is 11.6 Å². The Kier molecular flexibility index (Phi) is 7.82. The van der Waals surface area contributed by atoms with E-state index in [2.05, 4.69) is 16.0 Å². The quantitative estimate of drug-likeness (QED) is 0.253. The van der Waals surface area contributed by atoms with Gasteiger partial charge in [-0.2, -0.15) is 26.3 Å². The standard InChI is InChI=1S/C23H15F8N3OS/c24-15-6-7-18(17(25)11-15)33-20(35)19(12-4-2-1-3-5-12)34-21(36)32-16-9-13(22(26,27)28)8-14(10-16)23(29,30)31/h1-11,19H,(H,33,35)(H2,32,34,36)/t19-/m1/s1. The summed E-state index contributed by atoms with van der Waals surface area (Å²) in [7, 11) is 0. The second kappa shape index (κ2) is 10.5. The SMILES string of the molecule is O=C(Nc1ccc(F)cc1F)[C@H](NC(=S)Nc1cc(C(F)(F)F)cc(C(F)(F)F)c1)c1ccccc1. The van der Waals surface area contributed by atoms with Crippen LogP contribution in [0.3, 0.4) is 0 Å². The predicted octanol–water partition coefficient (Wildman–Crippen LogP) is 6.67. The highest BCUT2D eigenvalue weighted by molar-refractivity contribution is 7.80. The number of carbonyl (C=O) groups excluding carboxylic acids is 1. The summed E-state index contributed by atoms with van der Waals surface area (Å²) in [5.74, 6) is -2.84. The number of benzene rings is 3. The first kappa shape index (κ1) is 26.9. The second-order valence-corrected chi connectivity index (χ2v) is 7.76. The second-order valence-electron chi connectivity index (χ2n) is 7.35. The van der Waals surface area contributed by atoms with Crippen molar-refractivity contribution >= 4 is 34.6 Å². The minimum atomic E-state index is -5.07. The third-order valence-corrected chi connectivity index (χ3v) is 4.92. The lowest BCUT2D eigenvalue weighted by Crippen LogP contribution is -2.39. The fourth-order valence-corrected chi connectivity index (χ4v) is 3.30. The third kappa shape index (κ3) is 6.90. The summed E-state index contributed by atoms with van der Waals surface area (Å²) in [6.45, 7) is 0. The van der Waals surface area contributed by atoms with E-state index in [-0.39, 0.29) is 17.3 Å². The smallest absolute Gasteiger partial charge is 0.347 e. The molecule has 0 fully saturated rings. The minimum absolute atomic E-state index is 0.0425. The molecular weight excluding hydrogens is 518 g/mol. The van der Waals surface area contributed by atoms with E-state index in [1.54, 1.807) is 18.2 Å². The number of hydrogen-bond donors (Lipinski definition) is 3. The van der Waals surface area contributed by atoms with E-state index in [4.69, 9.17) is 12.2 Å². The van der Waals surface area contributed by atoms with Crippen LogP contribution in [0.1, 0.15) is 22.7 Å². The molecule has 0 aliphatic heterocycles. The maximum absolute atomic E-state index is 14.0. The van der Waals surface area contributed by atoms with Crippen molar-refractivity contribution in [3.8, 4) is 0 Å². The van der Waals surface area contributed by atoms with Gasteiger partial charge in [0.25, 0.3) is 5.91 Å². The number of nitrogens with one attached hydrogen (secondary N) is 3. The lowest BCUT2D eigenvalue weighted by molar-refractivity contribution is -0.143. The summed E-state index contributed by atoms with van der Waals surface area (Å²) < 4.78 is 106. The van der Waals surface area contributed by atoms with Crippen molar-refractivity contribution in [3.63, 3.8) is 0 Å². The van der Waals surface area contributed by atoms with Gasteiger partial charge in [-0.15, -0.1) is 0 Å². The molecule has 3 N–H and O–H groups in total. The Hall–Kier alpha value is -3.74. The zero-order chi connectivity index (χ0) is 26.7. The molecule has 3 aromatic rings. The molecule has 0 saturated carbocycles. The number of halogens is 8. The summed E-state index contributed by atoms with van der Waals surface area (Å²) >= 11 is 5.02. The van der Waals surface area contributed by atoms with Gasteiger partial charge in [0, 0.05) is 11.8 Å². The van der Waals surface area contributed by atoms with E-state index in [1.165, 1.54) is 12.1 Å². The molecule has 0 unspecified atom stereocenters. The summed E-state index contributed by atoms with van der Waals surface area (Å²) in [6, 6.07) is 9.55. The molecule has 3 aromatic carbocycles. The molecule has 3 rings (SSSR count). The Balaban J connectivity index is 1.87. The molecular formula is C23H15F8N3OS. The van der Waals surface area contributed by atoms with E-state index in [0.29, 0.717) is 18.2 Å². The average Bonchev–Trinajstić information content (AvgIpc) is 2.78. The molecule has 4 nitrogen and oxygen atoms in total. The molecule has 13 heteroatoms. The number of hydrogen-bond acceptors (Lipinski definition) is 2. The number of carbonyl (C=O) groups is 1. The lowest BCUT2D eigenvalue weighted by Gasteiger charge is -2.22. The van der Waals surface area contributed by atoms with Gasteiger partial charge >= 0.3 is 12.4 Å². The Morgan fingerprint density at radius 2 is 1.36 bits per heavy atom. The van der Waals surface area contributed by atoms with Crippen molar-refractivity contribution in [1.29, 1.82) is 0 Å². The van der Waals surface area contributed by atoms with Crippen LogP contribution < -0.4 is 16.0 Å². The molecule has 1 atom stereocenters. The van der Waals surface area contributed by atoms with Crippen LogP contribution >= 0.6 is 12.2 Å². The molecule has 0 heterocycles. The molecule has 0 aliphatic carbocycles. The number of thiocarbonyl (C=S) groups is 1. The molecule has 0 aliphatic rings. The summed E-state index contributed by atoms with van der Waals surface area (Å²) in [6.07, 6.45) is -10.1. The Labute approximate surface area is 204 Å². The first-order valence-electron chi connectivity index (χ1n) is 9.92. The number of rotatable bonds is 5. The summed E-state index contributed by atoms with van der Waals surface area (Å²) in [4.78, 5) is 12.9. The molecule has 1 amide bonds. The van der Waals surface area contributed by atoms with Crippen LogP contribution in [0.25, 0.3) is 0 Å². The van der Waals surface area contributed by atoms with Crippen molar-refractivity contribution in [1.82, 2.24) is 5.32 Å². The van der Waals surface area contributed by atoms with Gasteiger partial charge in [-0.05, 0) is 48.1 Å². The monoisotopic (exact) mass is 533 g/mol. The van der Waals surface area contributed by atoms with E-state index in [9.17, 15) is 39.9 Å². The molecule has 0 saturated heterocycles. The Bertz CT molecular complexity index is 1230. The van der Waals surface area contributed by atoms with E-state index in [0.717, 1.165) is 12.1 Å². The summed E-state index contributed by atoms with van der Waals surface area (Å²) in [5, 5.41) is 6.46. The zero-order valence-electron chi connectivity index (χ0n) is 17.8. The van der Waals surface area contributed by atoms with E-state index >= 15 is 0 Å². The number of anilines is 2. The van der Waals surface area contributed by atoms with Crippen molar-refractivity contribution in [2.45, 2.75) is 18.4 Å². The molecule has 0 bridgehead atoms. The fourth-order valence-electron chi connectivity index (χ4n) is 3.07. The van der Waals surface area contributed by atoms with Crippen molar-refractivity contribution < 1.29 is 39.9 Å². The Morgan fingerprint density at radius 1 is 0.778 bits per heavy atom. The molecule has 190 valence electrons. The van der Waals surface area contributed by atoms with Gasteiger partial charge in [-0.1, -0.05) is 30.3 Å². The van der Waals surface area contributed by atoms with Crippen LogP contribution in [0.2, 0.25) is 0 Å². The normalized spacial score (nSPS) is 12.6. The average molecular weight is 533 g/mol. The van der Waals surface area contributed by atoms with Gasteiger partial charge in [0.05, 0.1) is 16.8 Å². The third-order valence-electron chi connectivity index (χ3n) is 4.71. The number of amides is 1. The maximum atomic E-state index is 14.0. The van der Waals surface area contributed by atoms with Gasteiger partial charge in [-0.25, -0.2) is 8.78 Å². The zero-order valence-corrected chi connectivity index (χ0v) is 18.6. The van der Waals surface area contributed by atoms with Gasteiger partial charge in [0.15, 0.2) is 5.11 Å². The van der Waals surface area contributed by atoms with Crippen LogP contribution in [0.4, 0.5) is 46.5 Å². The van der Waals surface area contributed by atoms with Gasteiger partial charge < -0.3 is 16.0 Å². The topological polar surface area (TPSA) is 53.2 Å². The predicted molar refractivity (Wildman–Crippen MR) is 120 cm³/mol. The van der Waals surface area contributed by atoms with Crippen LogP contribution in [-0.4, -0.2) is 11.0 Å². The largest absolute Gasteiger partial charge is 0.416 e. The van der Waals surface area contributed by atoms with Crippen molar-refractivity contribution in [3.05, 3.63) is 95.1 Å². The minimum Gasteiger partial charge on any atom is -0.347 e. The molecule has 36 heavy (non-hydrogen) atoms. The van der Waals surface area contributed by atoms with Crippen molar-refractivity contribution in [2.24, 2.45) is 0 Å². The maximum Gasteiger partial charge on any atom is 0.416 e. The molecule has 0 radical (unpaired) electrons. The Morgan fingerprint density at radius 3 is 1.89 bits per heavy atom. The number of alkyl halides is 6. The van der Waals surface area contributed by atoms with Gasteiger partial charge in [-0.3, -0.25) is 4.79 Å². The molecule has 0 spiro atoms. The molecule has 0 aromatic heterocycles. The van der Waals surface area contributed by atoms with Crippen LogP contribution in [0.5, 0.6) is 0 Å². The summed E-state index contributed by atoms with van der Waals surface area (Å²) in [5.41, 5.74) is -3.85. The lowest BCUT2D eigenvalue weighted by atomic mass is 10.1. The van der Waals surface area contributed by atoms with E-state index < -0.39 is 57.9 Å². The highest BCUT2D eigenvalue weighted by atomic mass is 32.1.